The van der Waals surface area contributed by atoms with Crippen molar-refractivity contribution in [2.24, 2.45) is 10.2 Å². The van der Waals surface area contributed by atoms with Gasteiger partial charge in [0.05, 0.1) is 11.2 Å². The Morgan fingerprint density at radius 2 is 2.00 bits per heavy atom. The fourth-order valence-electron chi connectivity index (χ4n) is 4.09. The molecule has 1 aliphatic heterocycles. The number of piperazine rings is 1. The first kappa shape index (κ1) is 21.1. The monoisotopic (exact) mass is 429 g/mol. The van der Waals surface area contributed by atoms with Crippen molar-refractivity contribution >= 4 is 22.6 Å². The topological polar surface area (TPSA) is 105 Å². The zero-order chi connectivity index (χ0) is 22.0. The van der Waals surface area contributed by atoms with Crippen molar-refractivity contribution in [1.29, 1.82) is 0 Å². The third kappa shape index (κ3) is 4.50. The van der Waals surface area contributed by atoms with Crippen LogP contribution in [0, 0.1) is 5.82 Å². The summed E-state index contributed by atoms with van der Waals surface area (Å²) in [5, 5.41) is 17.0. The van der Waals surface area contributed by atoms with Crippen LogP contribution in [0.4, 0.5) is 10.1 Å². The number of benzene rings is 1. The van der Waals surface area contributed by atoms with Gasteiger partial charge in [-0.15, -0.1) is 0 Å². The van der Waals surface area contributed by atoms with E-state index >= 15 is 4.39 Å². The summed E-state index contributed by atoms with van der Waals surface area (Å²) in [5.74, 6) is -1.78. The van der Waals surface area contributed by atoms with Crippen LogP contribution in [-0.2, 0) is 0 Å². The Labute approximate surface area is 178 Å². The van der Waals surface area contributed by atoms with Crippen LogP contribution < -0.4 is 15.2 Å². The molecule has 1 aliphatic carbocycles. The zero-order valence-electron chi connectivity index (χ0n) is 17.5. The molecule has 2 aromatic rings. The van der Waals surface area contributed by atoms with Gasteiger partial charge in [0.25, 0.3) is 0 Å². The minimum absolute atomic E-state index is 0.125. The maximum atomic E-state index is 15.0. The van der Waals surface area contributed by atoms with Crippen LogP contribution >= 0.6 is 0 Å². The highest BCUT2D eigenvalue weighted by Crippen LogP contribution is 2.38. The van der Waals surface area contributed by atoms with Crippen LogP contribution in [0.15, 0.2) is 33.4 Å². The van der Waals surface area contributed by atoms with Crippen molar-refractivity contribution in [3.8, 4) is 0 Å². The molecule has 0 unspecified atom stereocenters. The second-order valence-electron chi connectivity index (χ2n) is 7.97. The third-order valence-electron chi connectivity index (χ3n) is 5.87. The molecule has 0 spiro atoms. The lowest BCUT2D eigenvalue weighted by molar-refractivity contribution is 0.0695. The molecule has 0 amide bonds. The van der Waals surface area contributed by atoms with Gasteiger partial charge in [-0.25, -0.2) is 9.18 Å². The molecule has 4 rings (SSSR count). The molecule has 0 bridgehead atoms. The summed E-state index contributed by atoms with van der Waals surface area (Å²) in [6.07, 6.45) is 4.15. The highest BCUT2D eigenvalue weighted by molar-refractivity contribution is 5.93. The van der Waals surface area contributed by atoms with E-state index in [4.69, 9.17) is 0 Å². The maximum absolute atomic E-state index is 15.0. The molecule has 1 aromatic heterocycles. The standard InChI is InChI=1S/C21H25FN6O3/c1-23-25-24-5-2-6-26-7-9-27(10-8-26)19-12-18-15(11-17(19)22)20(29)16(21(30)31)13-28(18)14-3-4-14/h11-14H,2-10H2,1H3/p+1. The Hall–Kier alpha value is -3.10. The Morgan fingerprint density at radius 3 is 2.65 bits per heavy atom. The fourth-order valence-corrected chi connectivity index (χ4v) is 4.09. The van der Waals surface area contributed by atoms with Crippen LogP contribution in [0.2, 0.25) is 0 Å². The first-order valence-electron chi connectivity index (χ1n) is 10.5. The van der Waals surface area contributed by atoms with Gasteiger partial charge in [-0.05, 0) is 31.4 Å². The number of carboxylic acids is 1. The quantitative estimate of drug-likeness (QED) is 0.413. The molecule has 10 heteroatoms. The summed E-state index contributed by atoms with van der Waals surface area (Å²) in [7, 11) is 1.59. The van der Waals surface area contributed by atoms with E-state index in [1.54, 1.807) is 13.1 Å². The second kappa shape index (κ2) is 8.95. The number of nitrogens with zero attached hydrogens (tertiary/aromatic N) is 6. The molecule has 1 saturated heterocycles. The number of aromatic carboxylic acids is 1. The normalized spacial score (nSPS) is 16.9. The Morgan fingerprint density at radius 1 is 1.26 bits per heavy atom. The summed E-state index contributed by atoms with van der Waals surface area (Å²) in [6.45, 7) is 4.49. The predicted molar refractivity (Wildman–Crippen MR) is 114 cm³/mol. The number of rotatable bonds is 7. The number of carboxylic acid groups (broad SMARTS) is 1. The summed E-state index contributed by atoms with van der Waals surface area (Å²) >= 11 is 0. The number of anilines is 1. The molecule has 2 fully saturated rings. The van der Waals surface area contributed by atoms with Gasteiger partial charge in [0.15, 0.2) is 0 Å². The predicted octanol–water partition coefficient (Wildman–Crippen LogP) is 2.29. The second-order valence-corrected chi connectivity index (χ2v) is 7.97. The Bertz CT molecular complexity index is 1110. The average Bonchev–Trinajstić information content (AvgIpc) is 3.59. The van der Waals surface area contributed by atoms with Crippen molar-refractivity contribution < 1.29 is 14.3 Å². The fraction of sp³-hybridized carbons (Fsp3) is 0.524. The minimum Gasteiger partial charge on any atom is -0.477 e. The van der Waals surface area contributed by atoms with Crippen molar-refractivity contribution in [2.75, 3.05) is 51.2 Å². The van der Waals surface area contributed by atoms with Crippen LogP contribution in [0.5, 0.6) is 0 Å². The van der Waals surface area contributed by atoms with E-state index < -0.39 is 17.2 Å². The first-order valence-corrected chi connectivity index (χ1v) is 10.5. The van der Waals surface area contributed by atoms with Gasteiger partial charge in [-0.1, -0.05) is 0 Å². The molecular weight excluding hydrogens is 403 g/mol. The minimum atomic E-state index is -1.28. The van der Waals surface area contributed by atoms with E-state index in [1.807, 2.05) is 9.47 Å². The Kier molecular flexibility index (Phi) is 6.11. The van der Waals surface area contributed by atoms with Gasteiger partial charge in [-0.3, -0.25) is 9.69 Å². The van der Waals surface area contributed by atoms with Crippen molar-refractivity contribution in [3.63, 3.8) is 0 Å². The van der Waals surface area contributed by atoms with Gasteiger partial charge < -0.3 is 14.6 Å². The lowest BCUT2D eigenvalue weighted by Gasteiger charge is -2.36. The molecule has 1 aromatic carbocycles. The van der Waals surface area contributed by atoms with Gasteiger partial charge in [0.1, 0.15) is 35.2 Å². The van der Waals surface area contributed by atoms with E-state index in [9.17, 15) is 14.7 Å². The molecule has 2 heterocycles. The number of aromatic nitrogens is 1. The smallest absolute Gasteiger partial charge is 0.341 e. The molecule has 0 atom stereocenters. The average molecular weight is 429 g/mol. The van der Waals surface area contributed by atoms with E-state index in [-0.39, 0.29) is 17.0 Å². The Balaban J connectivity index is 1.55. The molecule has 1 saturated carbocycles. The lowest BCUT2D eigenvalue weighted by atomic mass is 10.1. The third-order valence-corrected chi connectivity index (χ3v) is 5.87. The van der Waals surface area contributed by atoms with E-state index in [1.165, 1.54) is 12.3 Å². The number of hydrogen-bond donors (Lipinski definition) is 1. The summed E-state index contributed by atoms with van der Waals surface area (Å²) < 4.78 is 16.8. The van der Waals surface area contributed by atoms with E-state index in [0.717, 1.165) is 38.9 Å². The van der Waals surface area contributed by atoms with Crippen molar-refractivity contribution in [3.05, 3.63) is 39.9 Å². The van der Waals surface area contributed by atoms with Crippen LogP contribution in [-0.4, -0.2) is 66.9 Å². The molecule has 164 valence electrons. The summed E-state index contributed by atoms with van der Waals surface area (Å²) in [4.78, 5) is 32.0. The molecular formula is C21H26FN6O3+. The maximum Gasteiger partial charge on any atom is 0.341 e. The van der Waals surface area contributed by atoms with Crippen molar-refractivity contribution in [1.82, 2.24) is 14.4 Å². The largest absolute Gasteiger partial charge is 0.477 e. The highest BCUT2D eigenvalue weighted by atomic mass is 19.1. The van der Waals surface area contributed by atoms with Crippen LogP contribution in [0.1, 0.15) is 35.7 Å². The molecule has 1 N–H and O–H groups in total. The molecule has 2 aliphatic rings. The SMILES string of the molecule is CN=[N+]=NCCCN1CCN(c2cc3c(cc2F)c(=O)c(C(=O)O)cn3C2CC2)CC1. The summed E-state index contributed by atoms with van der Waals surface area (Å²) in [6, 6.07) is 3.07. The highest BCUT2D eigenvalue weighted by Gasteiger charge is 2.28. The summed E-state index contributed by atoms with van der Waals surface area (Å²) in [5.41, 5.74) is 0.111. The number of fused-ring (bicyclic) bond motifs is 1. The first-order chi connectivity index (χ1) is 15.0. The number of pyridine rings is 1. The zero-order valence-corrected chi connectivity index (χ0v) is 17.5. The van der Waals surface area contributed by atoms with Gasteiger partial charge in [0.2, 0.25) is 10.3 Å². The lowest BCUT2D eigenvalue weighted by Crippen LogP contribution is -2.47. The van der Waals surface area contributed by atoms with Crippen molar-refractivity contribution in [2.45, 2.75) is 25.3 Å². The number of carbonyl (C=O) groups is 1. The van der Waals surface area contributed by atoms with Gasteiger partial charge in [0, 0.05) is 50.3 Å². The number of halogens is 1. The van der Waals surface area contributed by atoms with Crippen LogP contribution in [0.3, 0.4) is 0 Å². The van der Waals surface area contributed by atoms with Crippen LogP contribution in [0.25, 0.3) is 10.9 Å². The van der Waals surface area contributed by atoms with Gasteiger partial charge >= 0.3 is 5.97 Å². The van der Waals surface area contributed by atoms with E-state index in [0.29, 0.717) is 30.8 Å². The molecule has 0 radical (unpaired) electrons. The molecule has 31 heavy (non-hydrogen) atoms. The number of hydrogen-bond acceptors (Lipinski definition) is 6. The molecule has 9 nitrogen and oxygen atoms in total. The van der Waals surface area contributed by atoms with E-state index in [2.05, 4.69) is 20.0 Å². The van der Waals surface area contributed by atoms with Gasteiger partial charge in [-0.2, -0.15) is 0 Å².